The Hall–Kier alpha value is -3.48. The van der Waals surface area contributed by atoms with Crippen LogP contribution in [0.25, 0.3) is 10.9 Å². The smallest absolute Gasteiger partial charge is 0.313 e. The summed E-state index contributed by atoms with van der Waals surface area (Å²) in [6, 6.07) is 14.9. The molecule has 4 rings (SSSR count). The molecule has 7 nitrogen and oxygen atoms in total. The summed E-state index contributed by atoms with van der Waals surface area (Å²) >= 11 is 0. The molecule has 136 valence electrons. The Bertz CT molecular complexity index is 963. The quantitative estimate of drug-likeness (QED) is 0.706. The van der Waals surface area contributed by atoms with E-state index in [4.69, 9.17) is 0 Å². The molecule has 1 N–H and O–H groups in total. The number of pyridine rings is 2. The summed E-state index contributed by atoms with van der Waals surface area (Å²) in [5.41, 5.74) is 1.36. The summed E-state index contributed by atoms with van der Waals surface area (Å²) in [5, 5.41) is 3.54. The molecule has 3 heterocycles. The standard InChI is InChI=1S/C20H19N5O2/c26-19(23-17-7-3-6-16-15(17)5-4-10-21-16)20(27)25-13-11-24(12-14-25)18-8-1-2-9-22-18/h1-10H,11-14H2,(H,23,26). The molecule has 0 saturated carbocycles. The number of carbonyl (C=O) groups excluding carboxylic acids is 2. The van der Waals surface area contributed by atoms with Crippen LogP contribution in [0.5, 0.6) is 0 Å². The molecule has 0 aliphatic carbocycles. The van der Waals surface area contributed by atoms with Crippen LogP contribution < -0.4 is 10.2 Å². The topological polar surface area (TPSA) is 78.4 Å². The van der Waals surface area contributed by atoms with E-state index >= 15 is 0 Å². The van der Waals surface area contributed by atoms with Gasteiger partial charge in [-0.15, -0.1) is 0 Å². The van der Waals surface area contributed by atoms with Crippen LogP contribution in [-0.2, 0) is 9.59 Å². The van der Waals surface area contributed by atoms with Crippen molar-refractivity contribution in [2.24, 2.45) is 0 Å². The van der Waals surface area contributed by atoms with Gasteiger partial charge in [-0.2, -0.15) is 0 Å². The lowest BCUT2D eigenvalue weighted by atomic mass is 10.2. The Morgan fingerprint density at radius 3 is 2.44 bits per heavy atom. The summed E-state index contributed by atoms with van der Waals surface area (Å²) < 4.78 is 0. The lowest BCUT2D eigenvalue weighted by Crippen LogP contribution is -2.51. The van der Waals surface area contributed by atoms with E-state index < -0.39 is 11.8 Å². The molecule has 1 aliphatic heterocycles. The minimum absolute atomic E-state index is 0.486. The van der Waals surface area contributed by atoms with Crippen molar-refractivity contribution in [1.29, 1.82) is 0 Å². The van der Waals surface area contributed by atoms with Gasteiger partial charge in [0.2, 0.25) is 0 Å². The minimum Gasteiger partial charge on any atom is -0.353 e. The summed E-state index contributed by atoms with van der Waals surface area (Å²) in [5.74, 6) is -0.258. The highest BCUT2D eigenvalue weighted by atomic mass is 16.2. The Balaban J connectivity index is 1.40. The van der Waals surface area contributed by atoms with E-state index in [1.165, 1.54) is 0 Å². The van der Waals surface area contributed by atoms with E-state index in [2.05, 4.69) is 20.2 Å². The maximum atomic E-state index is 12.5. The van der Waals surface area contributed by atoms with Crippen molar-refractivity contribution < 1.29 is 9.59 Å². The summed E-state index contributed by atoms with van der Waals surface area (Å²) in [7, 11) is 0. The molecule has 0 bridgehead atoms. The van der Waals surface area contributed by atoms with Gasteiger partial charge in [-0.05, 0) is 36.4 Å². The number of piperazine rings is 1. The van der Waals surface area contributed by atoms with Gasteiger partial charge in [-0.25, -0.2) is 4.98 Å². The van der Waals surface area contributed by atoms with Gasteiger partial charge in [0.15, 0.2) is 0 Å². The molecule has 2 aromatic heterocycles. The molecule has 3 aromatic rings. The second-order valence-electron chi connectivity index (χ2n) is 6.30. The SMILES string of the molecule is O=C(Nc1cccc2ncccc12)C(=O)N1CCN(c2ccccn2)CC1. The number of carbonyl (C=O) groups is 2. The van der Waals surface area contributed by atoms with Crippen molar-refractivity contribution in [3.8, 4) is 0 Å². The highest BCUT2D eigenvalue weighted by Crippen LogP contribution is 2.21. The van der Waals surface area contributed by atoms with Crippen LogP contribution in [0, 0.1) is 0 Å². The van der Waals surface area contributed by atoms with E-state index in [0.29, 0.717) is 31.9 Å². The van der Waals surface area contributed by atoms with E-state index in [9.17, 15) is 9.59 Å². The summed E-state index contributed by atoms with van der Waals surface area (Å²) in [6.07, 6.45) is 3.44. The average molecular weight is 361 g/mol. The number of hydrogen-bond donors (Lipinski definition) is 1. The predicted octanol–water partition coefficient (Wildman–Crippen LogP) is 1.92. The highest BCUT2D eigenvalue weighted by molar-refractivity contribution is 6.40. The average Bonchev–Trinajstić information content (AvgIpc) is 2.74. The number of hydrogen-bond acceptors (Lipinski definition) is 5. The summed E-state index contributed by atoms with van der Waals surface area (Å²) in [6.45, 7) is 2.27. The second-order valence-corrected chi connectivity index (χ2v) is 6.30. The number of nitrogens with zero attached hydrogens (tertiary/aromatic N) is 4. The third kappa shape index (κ3) is 3.57. The van der Waals surface area contributed by atoms with Crippen molar-refractivity contribution in [3.63, 3.8) is 0 Å². The molecule has 1 fully saturated rings. The first-order chi connectivity index (χ1) is 13.2. The van der Waals surface area contributed by atoms with Crippen LogP contribution in [0.2, 0.25) is 0 Å². The molecule has 1 aliphatic rings. The Morgan fingerprint density at radius 2 is 1.67 bits per heavy atom. The normalized spacial score (nSPS) is 14.2. The largest absolute Gasteiger partial charge is 0.353 e. The van der Waals surface area contributed by atoms with E-state index in [1.807, 2.05) is 30.3 Å². The molecule has 1 saturated heterocycles. The van der Waals surface area contributed by atoms with Crippen LogP contribution >= 0.6 is 0 Å². The number of nitrogens with one attached hydrogen (secondary N) is 1. The van der Waals surface area contributed by atoms with Gasteiger partial charge in [-0.1, -0.05) is 12.1 Å². The van der Waals surface area contributed by atoms with Gasteiger partial charge in [0.1, 0.15) is 5.82 Å². The monoisotopic (exact) mass is 361 g/mol. The van der Waals surface area contributed by atoms with Crippen LogP contribution in [0.4, 0.5) is 11.5 Å². The Morgan fingerprint density at radius 1 is 0.852 bits per heavy atom. The maximum Gasteiger partial charge on any atom is 0.313 e. The number of aromatic nitrogens is 2. The van der Waals surface area contributed by atoms with Crippen molar-refractivity contribution >= 4 is 34.2 Å². The molecule has 27 heavy (non-hydrogen) atoms. The second kappa shape index (κ2) is 7.41. The fourth-order valence-electron chi connectivity index (χ4n) is 3.21. The third-order valence-corrected chi connectivity index (χ3v) is 4.63. The van der Waals surface area contributed by atoms with Crippen LogP contribution in [0.15, 0.2) is 60.9 Å². The Labute approximate surface area is 156 Å². The molecule has 0 radical (unpaired) electrons. The zero-order valence-corrected chi connectivity index (χ0v) is 14.7. The zero-order chi connectivity index (χ0) is 18.6. The third-order valence-electron chi connectivity index (χ3n) is 4.63. The van der Waals surface area contributed by atoms with Crippen LogP contribution in [-0.4, -0.2) is 52.9 Å². The molecule has 2 amide bonds. The lowest BCUT2D eigenvalue weighted by Gasteiger charge is -2.35. The van der Waals surface area contributed by atoms with Gasteiger partial charge in [0, 0.05) is 44.0 Å². The molecule has 0 unspecified atom stereocenters. The van der Waals surface area contributed by atoms with Gasteiger partial charge in [-0.3, -0.25) is 14.6 Å². The van der Waals surface area contributed by atoms with E-state index in [-0.39, 0.29) is 0 Å². The Kier molecular flexibility index (Phi) is 4.65. The highest BCUT2D eigenvalue weighted by Gasteiger charge is 2.26. The molecule has 0 spiro atoms. The first kappa shape index (κ1) is 17.0. The van der Waals surface area contributed by atoms with Gasteiger partial charge in [0.05, 0.1) is 11.2 Å². The molecule has 1 aromatic carbocycles. The van der Waals surface area contributed by atoms with Crippen molar-refractivity contribution in [2.45, 2.75) is 0 Å². The number of benzene rings is 1. The molecule has 0 atom stereocenters. The lowest BCUT2D eigenvalue weighted by molar-refractivity contribution is -0.143. The van der Waals surface area contributed by atoms with Gasteiger partial charge < -0.3 is 15.1 Å². The molecular formula is C20H19N5O2. The van der Waals surface area contributed by atoms with Gasteiger partial charge >= 0.3 is 11.8 Å². The van der Waals surface area contributed by atoms with Crippen LogP contribution in [0.3, 0.4) is 0 Å². The first-order valence-electron chi connectivity index (χ1n) is 8.82. The molecular weight excluding hydrogens is 342 g/mol. The number of amides is 2. The zero-order valence-electron chi connectivity index (χ0n) is 14.7. The van der Waals surface area contributed by atoms with Gasteiger partial charge in [0.25, 0.3) is 0 Å². The molecule has 7 heteroatoms. The summed E-state index contributed by atoms with van der Waals surface area (Å²) in [4.78, 5) is 37.3. The predicted molar refractivity (Wildman–Crippen MR) is 103 cm³/mol. The number of rotatable bonds is 2. The first-order valence-corrected chi connectivity index (χ1v) is 8.82. The van der Waals surface area contributed by atoms with Crippen molar-refractivity contribution in [3.05, 3.63) is 60.9 Å². The van der Waals surface area contributed by atoms with E-state index in [0.717, 1.165) is 16.7 Å². The number of anilines is 2. The van der Waals surface area contributed by atoms with Crippen molar-refractivity contribution in [1.82, 2.24) is 14.9 Å². The van der Waals surface area contributed by atoms with Crippen molar-refractivity contribution in [2.75, 3.05) is 36.4 Å². The maximum absolute atomic E-state index is 12.5. The fourth-order valence-corrected chi connectivity index (χ4v) is 3.21. The minimum atomic E-state index is -0.627. The van der Waals surface area contributed by atoms with E-state index in [1.54, 1.807) is 35.5 Å². The fraction of sp³-hybridized carbons (Fsp3) is 0.200. The number of fused-ring (bicyclic) bond motifs is 1. The van der Waals surface area contributed by atoms with Crippen LogP contribution in [0.1, 0.15) is 0 Å².